The minimum Gasteiger partial charge on any atom is -0.457 e. The number of fused-ring (bicyclic) bond motifs is 4. The van der Waals surface area contributed by atoms with Crippen LogP contribution in [-0.4, -0.2) is 128 Å². The maximum atomic E-state index is 12.6. The predicted molar refractivity (Wildman–Crippen MR) is 201 cm³/mol. The van der Waals surface area contributed by atoms with Gasteiger partial charge in [0.05, 0.1) is 43.2 Å². The minimum absolute atomic E-state index is 0.0474. The molecule has 5 aliphatic carbocycles. The van der Waals surface area contributed by atoms with Crippen molar-refractivity contribution in [1.29, 1.82) is 0 Å². The maximum absolute atomic E-state index is 12.6. The van der Waals surface area contributed by atoms with Crippen LogP contribution in [0.25, 0.3) is 0 Å². The Bertz CT molecular complexity index is 1380. The first-order valence-electron chi connectivity index (χ1n) is 21.3. The van der Waals surface area contributed by atoms with Crippen LogP contribution < -0.4 is 0 Å². The fourth-order valence-corrected chi connectivity index (χ4v) is 15.3. The summed E-state index contributed by atoms with van der Waals surface area (Å²) in [5.74, 6) is 1.84. The van der Waals surface area contributed by atoms with Crippen LogP contribution in [0.5, 0.6) is 0 Å². The molecule has 8 rings (SSSR count). The van der Waals surface area contributed by atoms with Crippen LogP contribution in [-0.2, 0) is 28.5 Å². The summed E-state index contributed by atoms with van der Waals surface area (Å²) in [6.45, 7) is 24.8. The van der Waals surface area contributed by atoms with Crippen molar-refractivity contribution in [3.8, 4) is 0 Å². The second-order valence-electron chi connectivity index (χ2n) is 21.0. The molecule has 2 N–H and O–H groups in total. The van der Waals surface area contributed by atoms with Crippen molar-refractivity contribution in [3.63, 3.8) is 0 Å². The number of ether oxygens (including phenoxy) is 5. The molecule has 3 heterocycles. The molecule has 8 fully saturated rings. The molecule has 0 aromatic rings. The molecular weight excluding hydrogens is 672 g/mol. The molecule has 53 heavy (non-hydrogen) atoms. The van der Waals surface area contributed by atoms with Crippen LogP contribution in [0.4, 0.5) is 0 Å². The maximum Gasteiger partial charge on any atom is 0.303 e. The summed E-state index contributed by atoms with van der Waals surface area (Å²) in [6.07, 6.45) is 6.77. The number of esters is 1. The Balaban J connectivity index is 0.957. The molecule has 0 bridgehead atoms. The zero-order valence-electron chi connectivity index (χ0n) is 34.4. The number of carbonyl (C=O) groups excluding carboxylic acids is 1. The van der Waals surface area contributed by atoms with Gasteiger partial charge in [-0.2, -0.15) is 0 Å². The molecule has 0 radical (unpaired) electrons. The summed E-state index contributed by atoms with van der Waals surface area (Å²) in [5.41, 5.74) is -0.966. The molecule has 3 saturated heterocycles. The minimum atomic E-state index is -1.25. The zero-order valence-corrected chi connectivity index (χ0v) is 34.4. The summed E-state index contributed by atoms with van der Waals surface area (Å²) >= 11 is 0. The molecular formula is C43H72N2O8. The average molecular weight is 745 g/mol. The summed E-state index contributed by atoms with van der Waals surface area (Å²) in [6, 6.07) is 0. The Kier molecular flexibility index (Phi) is 9.83. The van der Waals surface area contributed by atoms with E-state index in [0.29, 0.717) is 23.7 Å². The van der Waals surface area contributed by atoms with Gasteiger partial charge < -0.3 is 38.8 Å². The smallest absolute Gasteiger partial charge is 0.303 e. The first-order chi connectivity index (χ1) is 24.9. The topological polar surface area (TPSA) is 110 Å². The standard InChI is InChI=1S/C43H72N2O8/c1-26-20-29(37(39(5,6)48)51-27(2)46)52-35-34(26)40(7)14-15-43-25-42(43)13-12-32(38(3,4)30(42)10-11-31(43)41(40,8)36(35)47)53-33-24-45(17-19-50-33)23-28-21-44(22-28)16-18-49-9/h26,28-37,47-48H,10-25H2,1-9H3/t26-,29?,30+,31?,32+,33+,34+,35?,36+,37+,40-,41?,42-,43+/m1/s1. The lowest BCUT2D eigenvalue weighted by atomic mass is 9.41. The van der Waals surface area contributed by atoms with E-state index < -0.39 is 29.9 Å². The quantitative estimate of drug-likeness (QED) is 0.293. The molecule has 5 saturated carbocycles. The van der Waals surface area contributed by atoms with Crippen LogP contribution in [0.15, 0.2) is 0 Å². The van der Waals surface area contributed by atoms with Crippen LogP contribution in [0.2, 0.25) is 0 Å². The van der Waals surface area contributed by atoms with E-state index in [2.05, 4.69) is 44.4 Å². The van der Waals surface area contributed by atoms with Crippen LogP contribution in [0, 0.1) is 56.7 Å². The van der Waals surface area contributed by atoms with Gasteiger partial charge in [-0.3, -0.25) is 9.69 Å². The highest BCUT2D eigenvalue weighted by molar-refractivity contribution is 5.66. The molecule has 0 amide bonds. The first-order valence-corrected chi connectivity index (χ1v) is 21.3. The van der Waals surface area contributed by atoms with Crippen molar-refractivity contribution in [2.24, 2.45) is 56.7 Å². The van der Waals surface area contributed by atoms with Crippen LogP contribution >= 0.6 is 0 Å². The SMILES string of the molecule is COCCN1CC(CN2CCO[C@@H](O[C@H]3CC[C@]45C[C@]46CC[C@]4(C)[C@@H]7C(OC([C@H](OC(C)=O)C(C)(C)O)C[C@H]7C)[C@H](O)C4(C)C6CC[C@H]5C3(C)C)C2)C1. The second-order valence-corrected chi connectivity index (χ2v) is 21.0. The molecule has 10 heteroatoms. The molecule has 0 aromatic heterocycles. The van der Waals surface area contributed by atoms with E-state index in [4.69, 9.17) is 23.7 Å². The second kappa shape index (κ2) is 13.4. The van der Waals surface area contributed by atoms with Gasteiger partial charge in [0.15, 0.2) is 12.4 Å². The van der Waals surface area contributed by atoms with E-state index in [1.807, 2.05) is 0 Å². The van der Waals surface area contributed by atoms with Crippen LogP contribution in [0.1, 0.15) is 107 Å². The number of nitrogens with zero attached hydrogens (tertiary/aromatic N) is 2. The molecule has 4 unspecified atom stereocenters. The molecule has 302 valence electrons. The van der Waals surface area contributed by atoms with Gasteiger partial charge in [-0.1, -0.05) is 34.6 Å². The summed E-state index contributed by atoms with van der Waals surface area (Å²) < 4.78 is 31.2. The third kappa shape index (κ3) is 5.86. The van der Waals surface area contributed by atoms with Crippen molar-refractivity contribution < 1.29 is 38.7 Å². The number of hydrogen-bond acceptors (Lipinski definition) is 10. The Morgan fingerprint density at radius 2 is 1.72 bits per heavy atom. The lowest BCUT2D eigenvalue weighted by Crippen LogP contribution is -2.60. The van der Waals surface area contributed by atoms with Crippen molar-refractivity contribution >= 4 is 5.97 Å². The van der Waals surface area contributed by atoms with Gasteiger partial charge in [0.1, 0.15) is 0 Å². The zero-order chi connectivity index (χ0) is 37.9. The lowest BCUT2D eigenvalue weighted by molar-refractivity contribution is -0.249. The number of aliphatic hydroxyl groups is 2. The average Bonchev–Trinajstić information content (AvgIpc) is 3.70. The number of likely N-dealkylation sites (tertiary alicyclic amines) is 1. The Morgan fingerprint density at radius 3 is 2.42 bits per heavy atom. The fraction of sp³-hybridized carbons (Fsp3) is 0.977. The van der Waals surface area contributed by atoms with Gasteiger partial charge in [0, 0.05) is 58.7 Å². The van der Waals surface area contributed by atoms with E-state index in [0.717, 1.165) is 77.7 Å². The molecule has 3 aliphatic heterocycles. The van der Waals surface area contributed by atoms with Crippen LogP contribution in [0.3, 0.4) is 0 Å². The highest BCUT2D eigenvalue weighted by Gasteiger charge is 2.84. The van der Waals surface area contributed by atoms with E-state index in [-0.39, 0.29) is 52.0 Å². The molecule has 0 aromatic carbocycles. The third-order valence-corrected chi connectivity index (χ3v) is 17.7. The first kappa shape index (κ1) is 39.0. The van der Waals surface area contributed by atoms with Gasteiger partial charge in [-0.15, -0.1) is 0 Å². The highest BCUT2D eigenvalue weighted by Crippen LogP contribution is 2.89. The highest BCUT2D eigenvalue weighted by atomic mass is 16.7. The largest absolute Gasteiger partial charge is 0.457 e. The van der Waals surface area contributed by atoms with Crippen molar-refractivity contribution in [3.05, 3.63) is 0 Å². The van der Waals surface area contributed by atoms with E-state index >= 15 is 0 Å². The monoisotopic (exact) mass is 745 g/mol. The van der Waals surface area contributed by atoms with Crippen molar-refractivity contribution in [2.45, 2.75) is 149 Å². The van der Waals surface area contributed by atoms with Crippen molar-refractivity contribution in [1.82, 2.24) is 9.80 Å². The van der Waals surface area contributed by atoms with Gasteiger partial charge in [0.2, 0.25) is 0 Å². The molecule has 10 nitrogen and oxygen atoms in total. The van der Waals surface area contributed by atoms with Crippen molar-refractivity contribution in [2.75, 3.05) is 59.6 Å². The lowest BCUT2D eigenvalue weighted by Gasteiger charge is -2.64. The normalized spacial score (nSPS) is 48.7. The number of morpholine rings is 1. The Morgan fingerprint density at radius 1 is 1.00 bits per heavy atom. The molecule has 8 aliphatic rings. The van der Waals surface area contributed by atoms with E-state index in [9.17, 15) is 15.0 Å². The fourth-order valence-electron chi connectivity index (χ4n) is 15.3. The van der Waals surface area contributed by atoms with Gasteiger partial charge in [-0.25, -0.2) is 0 Å². The van der Waals surface area contributed by atoms with E-state index in [1.54, 1.807) is 21.0 Å². The number of hydrogen-bond donors (Lipinski definition) is 2. The van der Waals surface area contributed by atoms with Gasteiger partial charge in [-0.05, 0) is 116 Å². The third-order valence-electron chi connectivity index (χ3n) is 17.7. The summed E-state index contributed by atoms with van der Waals surface area (Å²) in [5, 5.41) is 23.7. The Labute approximate surface area is 319 Å². The number of carbonyl (C=O) groups is 1. The van der Waals surface area contributed by atoms with E-state index in [1.165, 1.54) is 32.6 Å². The number of rotatable bonds is 10. The molecule has 14 atom stereocenters. The Hall–Kier alpha value is -0.850. The number of methoxy groups -OCH3 is 1. The molecule has 2 spiro atoms. The number of aliphatic hydroxyl groups excluding tert-OH is 1. The van der Waals surface area contributed by atoms with Gasteiger partial charge >= 0.3 is 5.97 Å². The predicted octanol–water partition coefficient (Wildman–Crippen LogP) is 5.12. The summed E-state index contributed by atoms with van der Waals surface area (Å²) in [7, 11) is 1.78. The summed E-state index contributed by atoms with van der Waals surface area (Å²) in [4.78, 5) is 17.2. The van der Waals surface area contributed by atoms with Gasteiger partial charge in [0.25, 0.3) is 0 Å².